The molecule has 1 fully saturated rings. The van der Waals surface area contributed by atoms with Crippen molar-refractivity contribution in [1.82, 2.24) is 4.90 Å². The van der Waals surface area contributed by atoms with Crippen molar-refractivity contribution in [3.63, 3.8) is 0 Å². The molecule has 3 aromatic carbocycles. The second-order valence-electron chi connectivity index (χ2n) is 7.35. The molecule has 0 aromatic heterocycles. The summed E-state index contributed by atoms with van der Waals surface area (Å²) in [6.45, 7) is 5.12. The van der Waals surface area contributed by atoms with Crippen molar-refractivity contribution < 1.29 is 4.79 Å². The Kier molecular flexibility index (Phi) is 5.61. The van der Waals surface area contributed by atoms with E-state index in [1.54, 1.807) is 0 Å². The van der Waals surface area contributed by atoms with Crippen LogP contribution in [0.3, 0.4) is 0 Å². The Morgan fingerprint density at radius 2 is 1.54 bits per heavy atom. The molecule has 0 amide bonds. The molecular formula is C25H23ClNO. The van der Waals surface area contributed by atoms with Crippen LogP contribution in [0.2, 0.25) is 5.02 Å². The largest absolute Gasteiger partial charge is 0.294 e. The SMILES string of the molecule is [CH2][C@@H]1C[C@H](C(=O)c2ccccc2)[C@H](c2ccccc2Cl)N1Cc1ccccc1. The van der Waals surface area contributed by atoms with Crippen molar-refractivity contribution in [3.05, 3.63) is 114 Å². The number of halogens is 1. The number of hydrogen-bond donors (Lipinski definition) is 0. The maximum absolute atomic E-state index is 13.4. The van der Waals surface area contributed by atoms with E-state index < -0.39 is 0 Å². The van der Waals surface area contributed by atoms with E-state index in [1.165, 1.54) is 5.56 Å². The van der Waals surface area contributed by atoms with Crippen molar-refractivity contribution in [2.45, 2.75) is 25.0 Å². The molecule has 0 saturated carbocycles. The summed E-state index contributed by atoms with van der Waals surface area (Å²) in [5.41, 5.74) is 2.96. The van der Waals surface area contributed by atoms with Gasteiger partial charge in [-0.05, 0) is 30.5 Å². The van der Waals surface area contributed by atoms with Crippen LogP contribution in [0.5, 0.6) is 0 Å². The molecule has 0 unspecified atom stereocenters. The Morgan fingerprint density at radius 3 is 2.21 bits per heavy atom. The second-order valence-corrected chi connectivity index (χ2v) is 7.76. The summed E-state index contributed by atoms with van der Waals surface area (Å²) < 4.78 is 0. The number of rotatable bonds is 5. The third kappa shape index (κ3) is 3.76. The standard InChI is InChI=1S/C25H23ClNO/c1-18-16-22(25(28)20-12-6-3-7-13-20)24(21-14-8-9-15-23(21)26)27(18)17-19-10-4-2-5-11-19/h2-15,18,22,24H,1,16-17H2/t18-,22+,24+/m1/s1. The minimum Gasteiger partial charge on any atom is -0.294 e. The van der Waals surface area contributed by atoms with Crippen molar-refractivity contribution in [2.75, 3.05) is 0 Å². The first kappa shape index (κ1) is 18.9. The van der Waals surface area contributed by atoms with E-state index in [0.717, 1.165) is 24.1 Å². The molecule has 1 aliphatic rings. The molecule has 1 radical (unpaired) electrons. The van der Waals surface area contributed by atoms with E-state index in [1.807, 2.05) is 72.8 Å². The van der Waals surface area contributed by atoms with Crippen molar-refractivity contribution in [1.29, 1.82) is 0 Å². The average molecular weight is 389 g/mol. The van der Waals surface area contributed by atoms with Crippen LogP contribution in [0.1, 0.15) is 33.9 Å². The fourth-order valence-electron chi connectivity index (χ4n) is 4.21. The van der Waals surface area contributed by atoms with E-state index >= 15 is 0 Å². The van der Waals surface area contributed by atoms with Gasteiger partial charge in [0.1, 0.15) is 0 Å². The van der Waals surface area contributed by atoms with E-state index in [9.17, 15) is 4.79 Å². The lowest BCUT2D eigenvalue weighted by Gasteiger charge is -2.31. The summed E-state index contributed by atoms with van der Waals surface area (Å²) in [4.78, 5) is 15.7. The Labute approximate surface area is 171 Å². The predicted octanol–water partition coefficient (Wildman–Crippen LogP) is 5.99. The molecule has 0 aliphatic carbocycles. The number of carbonyl (C=O) groups is 1. The van der Waals surface area contributed by atoms with Gasteiger partial charge in [-0.3, -0.25) is 9.69 Å². The summed E-state index contributed by atoms with van der Waals surface area (Å²) in [6.07, 6.45) is 0.719. The summed E-state index contributed by atoms with van der Waals surface area (Å²) in [6, 6.07) is 27.7. The number of nitrogens with zero attached hydrogens (tertiary/aromatic N) is 1. The van der Waals surface area contributed by atoms with Gasteiger partial charge in [-0.2, -0.15) is 0 Å². The van der Waals surface area contributed by atoms with E-state index in [-0.39, 0.29) is 23.8 Å². The lowest BCUT2D eigenvalue weighted by atomic mass is 9.86. The number of ketones is 1. The number of likely N-dealkylation sites (tertiary alicyclic amines) is 1. The molecule has 0 spiro atoms. The van der Waals surface area contributed by atoms with Crippen LogP contribution < -0.4 is 0 Å². The third-order valence-electron chi connectivity index (χ3n) is 5.56. The molecule has 4 rings (SSSR count). The monoisotopic (exact) mass is 388 g/mol. The van der Waals surface area contributed by atoms with Gasteiger partial charge in [0.05, 0.1) is 0 Å². The van der Waals surface area contributed by atoms with Crippen LogP contribution in [0.25, 0.3) is 0 Å². The minimum atomic E-state index is -0.173. The van der Waals surface area contributed by atoms with E-state index in [2.05, 4.69) is 24.0 Å². The second kappa shape index (κ2) is 8.30. The van der Waals surface area contributed by atoms with Gasteiger partial charge in [-0.15, -0.1) is 0 Å². The molecule has 141 valence electrons. The Morgan fingerprint density at radius 1 is 0.929 bits per heavy atom. The summed E-state index contributed by atoms with van der Waals surface area (Å²) >= 11 is 6.58. The fraction of sp³-hybridized carbons (Fsp3) is 0.200. The van der Waals surface area contributed by atoms with Crippen LogP contribution in [0.15, 0.2) is 84.9 Å². The van der Waals surface area contributed by atoms with Crippen LogP contribution >= 0.6 is 11.6 Å². The van der Waals surface area contributed by atoms with Crippen molar-refractivity contribution in [2.24, 2.45) is 5.92 Å². The Hall–Kier alpha value is -2.42. The maximum Gasteiger partial charge on any atom is 0.167 e. The van der Waals surface area contributed by atoms with Crippen LogP contribution in [-0.2, 0) is 6.54 Å². The minimum absolute atomic E-state index is 0.0409. The Bertz CT molecular complexity index is 941. The van der Waals surface area contributed by atoms with Gasteiger partial charge in [0.2, 0.25) is 0 Å². The number of hydrogen-bond acceptors (Lipinski definition) is 2. The fourth-order valence-corrected chi connectivity index (χ4v) is 4.46. The molecule has 1 heterocycles. The zero-order valence-electron chi connectivity index (χ0n) is 15.7. The zero-order valence-corrected chi connectivity index (χ0v) is 16.4. The van der Waals surface area contributed by atoms with Gasteiger partial charge in [-0.25, -0.2) is 0 Å². The van der Waals surface area contributed by atoms with Crippen molar-refractivity contribution >= 4 is 17.4 Å². The first-order chi connectivity index (χ1) is 13.6. The normalized spacial score (nSPS) is 22.3. The molecule has 3 atom stereocenters. The quantitative estimate of drug-likeness (QED) is 0.500. The molecule has 0 N–H and O–H groups in total. The van der Waals surface area contributed by atoms with Gasteiger partial charge in [0.25, 0.3) is 0 Å². The molecule has 28 heavy (non-hydrogen) atoms. The summed E-state index contributed by atoms with van der Waals surface area (Å²) in [5.74, 6) is -0.0109. The van der Waals surface area contributed by atoms with E-state index in [4.69, 9.17) is 11.6 Å². The van der Waals surface area contributed by atoms with Crippen molar-refractivity contribution in [3.8, 4) is 0 Å². The van der Waals surface area contributed by atoms with Gasteiger partial charge in [0, 0.05) is 35.1 Å². The predicted molar refractivity (Wildman–Crippen MR) is 114 cm³/mol. The van der Waals surface area contributed by atoms with Crippen LogP contribution in [0.4, 0.5) is 0 Å². The molecule has 3 aromatic rings. The maximum atomic E-state index is 13.4. The molecule has 3 heteroatoms. The topological polar surface area (TPSA) is 20.3 Å². The molecule has 2 nitrogen and oxygen atoms in total. The van der Waals surface area contributed by atoms with Gasteiger partial charge < -0.3 is 0 Å². The van der Waals surface area contributed by atoms with Gasteiger partial charge in [0.15, 0.2) is 5.78 Å². The van der Waals surface area contributed by atoms with Crippen LogP contribution in [0, 0.1) is 12.8 Å². The summed E-state index contributed by atoms with van der Waals surface area (Å²) in [5, 5.41) is 0.700. The third-order valence-corrected chi connectivity index (χ3v) is 5.90. The highest BCUT2D eigenvalue weighted by atomic mass is 35.5. The first-order valence-corrected chi connectivity index (χ1v) is 9.99. The zero-order chi connectivity index (χ0) is 19.5. The average Bonchev–Trinajstić information content (AvgIpc) is 3.05. The highest BCUT2D eigenvalue weighted by molar-refractivity contribution is 6.31. The van der Waals surface area contributed by atoms with Crippen LogP contribution in [-0.4, -0.2) is 16.7 Å². The lowest BCUT2D eigenvalue weighted by Crippen LogP contribution is -2.31. The highest BCUT2D eigenvalue weighted by Crippen LogP contribution is 2.45. The highest BCUT2D eigenvalue weighted by Gasteiger charge is 2.44. The lowest BCUT2D eigenvalue weighted by molar-refractivity contribution is 0.0875. The van der Waals surface area contributed by atoms with E-state index in [0.29, 0.717) is 5.02 Å². The Balaban J connectivity index is 1.73. The first-order valence-electron chi connectivity index (χ1n) is 9.61. The molecule has 1 saturated heterocycles. The molecular weight excluding hydrogens is 366 g/mol. The number of benzene rings is 3. The van der Waals surface area contributed by atoms with Gasteiger partial charge >= 0.3 is 0 Å². The summed E-state index contributed by atoms with van der Waals surface area (Å²) in [7, 11) is 0. The molecule has 1 aliphatic heterocycles. The number of Topliss-reactive ketones (excluding diaryl/α,β-unsaturated/α-hetero) is 1. The number of carbonyl (C=O) groups excluding carboxylic acids is 1. The molecule has 0 bridgehead atoms. The van der Waals surface area contributed by atoms with Gasteiger partial charge in [-0.1, -0.05) is 90.5 Å². The smallest absolute Gasteiger partial charge is 0.167 e.